The Kier molecular flexibility index (Phi) is 15.9. The summed E-state index contributed by atoms with van der Waals surface area (Å²) < 4.78 is 140. The average Bonchev–Trinajstić information content (AvgIpc) is 3.04. The van der Waals surface area contributed by atoms with Gasteiger partial charge in [0.1, 0.15) is 35.4 Å². The molecule has 10 nitrogen and oxygen atoms in total. The van der Waals surface area contributed by atoms with E-state index in [-0.39, 0.29) is 49.5 Å². The minimum atomic E-state index is -5.15. The molecule has 2 atom stereocenters. The lowest BCUT2D eigenvalue weighted by Gasteiger charge is -2.26. The monoisotopic (exact) mass is 825 g/mol. The number of hydrogen-bond donors (Lipinski definition) is 3. The zero-order valence-electron chi connectivity index (χ0n) is 27.9. The van der Waals surface area contributed by atoms with Gasteiger partial charge in [-0.3, -0.25) is 9.59 Å². The Morgan fingerprint density at radius 2 is 0.944 bits per heavy atom. The maximum absolute atomic E-state index is 14.0. The number of halogens is 8. The molecule has 0 aliphatic carbocycles. The number of likely N-dealkylation sites (N-methyl/N-ethyl adjacent to an activating group) is 2. The minimum Gasteiger partial charge on any atom is -0.325 e. The normalized spacial score (nSPS) is 12.0. The Morgan fingerprint density at radius 1 is 0.574 bits per heavy atom. The zero-order valence-corrected chi connectivity index (χ0v) is 30.7. The summed E-state index contributed by atoms with van der Waals surface area (Å²) >= 11 is 0. The molecule has 0 saturated heterocycles. The average molecular weight is 826 g/mol. The lowest BCUT2D eigenvalue weighted by Crippen LogP contribution is -2.57. The first-order chi connectivity index (χ1) is 24.3. The molecule has 0 fully saturated rings. The fraction of sp³-hybridized carbons (Fsp3) is 0.182. The summed E-state index contributed by atoms with van der Waals surface area (Å²) in [7, 11) is -3.02. The minimum absolute atomic E-state index is 0. The van der Waals surface area contributed by atoms with E-state index in [0.29, 0.717) is 41.3 Å². The molecule has 0 bridgehead atoms. The van der Waals surface area contributed by atoms with Crippen LogP contribution in [0.3, 0.4) is 0 Å². The first-order valence-corrected chi connectivity index (χ1v) is 16.3. The second-order valence-electron chi connectivity index (χ2n) is 11.3. The highest BCUT2D eigenvalue weighted by Gasteiger charge is 2.32. The molecule has 54 heavy (non-hydrogen) atoms. The van der Waals surface area contributed by atoms with E-state index in [1.807, 2.05) is 10.0 Å². The lowest BCUT2D eigenvalue weighted by atomic mass is 10.0. The highest BCUT2D eigenvalue weighted by molar-refractivity contribution is 7.88. The largest absolute Gasteiger partial charge is 0.330 e. The van der Waals surface area contributed by atoms with Crippen molar-refractivity contribution < 1.29 is 57.9 Å². The predicted octanol–water partition coefficient (Wildman–Crippen LogP) is 5.01. The van der Waals surface area contributed by atoms with Gasteiger partial charge in [-0.15, -0.1) is 0 Å². The summed E-state index contributed by atoms with van der Waals surface area (Å²) in [5.74, 6) is -11.8. The van der Waals surface area contributed by atoms with Gasteiger partial charge in [0.15, 0.2) is 23.3 Å². The van der Waals surface area contributed by atoms with Gasteiger partial charge < -0.3 is 15.1 Å². The van der Waals surface area contributed by atoms with Crippen LogP contribution >= 0.6 is 27.0 Å². The maximum atomic E-state index is 14.0. The summed E-state index contributed by atoms with van der Waals surface area (Å²) in [4.78, 5) is 41.4. The molecule has 4 amide bonds. The number of amides is 4. The summed E-state index contributed by atoms with van der Waals surface area (Å²) in [5, 5.41) is 2.02. The third kappa shape index (κ3) is 12.1. The van der Waals surface area contributed by atoms with Crippen molar-refractivity contribution in [3.63, 3.8) is 0 Å². The molecule has 0 saturated carbocycles. The number of benzene rings is 4. The molecule has 0 aliphatic heterocycles. The number of carbonyl (C=O) groups excluding carboxylic acids is 3. The molecule has 0 aliphatic rings. The van der Waals surface area contributed by atoms with Gasteiger partial charge in [0.25, 0.3) is 0 Å². The Morgan fingerprint density at radius 3 is 1.33 bits per heavy atom. The molecule has 0 spiro atoms. The third-order valence-electron chi connectivity index (χ3n) is 7.39. The number of hydrogen-bond acceptors (Lipinski definition) is 5. The van der Waals surface area contributed by atoms with Gasteiger partial charge in [0, 0.05) is 56.2 Å². The number of carbonyl (C=O) groups is 3. The van der Waals surface area contributed by atoms with Crippen molar-refractivity contribution in [2.75, 3.05) is 23.9 Å². The van der Waals surface area contributed by atoms with Crippen LogP contribution in [0.1, 0.15) is 11.1 Å². The topological polar surface area (TPSA) is 128 Å². The van der Waals surface area contributed by atoms with Crippen molar-refractivity contribution in [3.05, 3.63) is 130 Å². The molecule has 292 valence electrons. The van der Waals surface area contributed by atoms with E-state index < -0.39 is 99.5 Å². The Balaban J connectivity index is 0.00000504. The summed E-state index contributed by atoms with van der Waals surface area (Å²) in [6.45, 7) is 0. The third-order valence-corrected chi connectivity index (χ3v) is 8.44. The first-order valence-electron chi connectivity index (χ1n) is 14.8. The van der Waals surface area contributed by atoms with Crippen molar-refractivity contribution in [3.8, 4) is 0 Å². The van der Waals surface area contributed by atoms with Crippen LogP contribution in [0, 0.1) is 46.5 Å². The molecule has 0 heterocycles. The number of urea groups is 1. The van der Waals surface area contributed by atoms with Crippen molar-refractivity contribution in [2.45, 2.75) is 24.9 Å². The Hall–Kier alpha value is -4.86. The second kappa shape index (κ2) is 18.9. The highest BCUT2D eigenvalue weighted by atomic mass is 32.2. The maximum Gasteiger partial charge on any atom is 0.330 e. The van der Waals surface area contributed by atoms with Gasteiger partial charge in [-0.2, -0.15) is 40.1 Å². The molecule has 0 unspecified atom stereocenters. The van der Waals surface area contributed by atoms with Gasteiger partial charge in [-0.1, -0.05) is 0 Å². The number of nitrogens with one attached hydrogen (secondary N) is 3. The van der Waals surface area contributed by atoms with E-state index in [1.165, 1.54) is 4.72 Å². The van der Waals surface area contributed by atoms with Crippen LogP contribution in [0.4, 0.5) is 51.3 Å². The quantitative estimate of drug-likeness (QED) is 0.173. The van der Waals surface area contributed by atoms with Crippen LogP contribution in [0.15, 0.2) is 72.8 Å². The molecule has 0 radical (unpaired) electrons. The standard InChI is InChI=1S/C33H27F8N5O5S.2H2S/c1-45(23-3-5-25(38)27(40)15-23)31(47)29(11-17-7-19(34)13-20(35)8-17)42-33(49)44-52(50,51)43-30(12-18-9-21(36)14-22(37)10-18)32(48)46(2)24-4-6-26(39)28(41)16-24;;/h3-10,13-16,29-30,43H,11-12H2,1-2H3,(H2,42,44,49);2*1H2/t29-,30-;;/m0../s1. The molecule has 0 aromatic heterocycles. The molecular formula is C33H31F8N5O5S3. The SMILES string of the molecule is CN(C(=O)[C@H](Cc1cc(F)cc(F)c1)NC(=O)NS(=O)(=O)N[C@@H](Cc1cc(F)cc(F)c1)C(=O)N(C)c1ccc(F)c(F)c1)c1ccc(F)c(F)c1.S.S. The molecule has 21 heteroatoms. The predicted molar refractivity (Wildman–Crippen MR) is 192 cm³/mol. The smallest absolute Gasteiger partial charge is 0.325 e. The van der Waals surface area contributed by atoms with Crippen molar-refractivity contribution >= 4 is 66.4 Å². The number of nitrogens with zero attached hydrogens (tertiary/aromatic N) is 2. The van der Waals surface area contributed by atoms with Crippen LogP contribution in [0.25, 0.3) is 0 Å². The second-order valence-corrected chi connectivity index (χ2v) is 12.7. The lowest BCUT2D eigenvalue weighted by molar-refractivity contribution is -0.120. The highest BCUT2D eigenvalue weighted by Crippen LogP contribution is 2.21. The van der Waals surface area contributed by atoms with Crippen LogP contribution in [-0.4, -0.2) is 52.4 Å². The van der Waals surface area contributed by atoms with E-state index in [0.717, 1.165) is 55.4 Å². The van der Waals surface area contributed by atoms with Gasteiger partial charge in [0.05, 0.1) is 0 Å². The van der Waals surface area contributed by atoms with Crippen molar-refractivity contribution in [1.29, 1.82) is 0 Å². The fourth-order valence-corrected chi connectivity index (χ4v) is 5.86. The van der Waals surface area contributed by atoms with Crippen LogP contribution in [0.5, 0.6) is 0 Å². The summed E-state index contributed by atoms with van der Waals surface area (Å²) in [5.41, 5.74) is -0.917. The van der Waals surface area contributed by atoms with E-state index in [4.69, 9.17) is 0 Å². The summed E-state index contributed by atoms with van der Waals surface area (Å²) in [6, 6.07) is 3.41. The number of anilines is 2. The Bertz CT molecular complexity index is 2090. The van der Waals surface area contributed by atoms with Crippen molar-refractivity contribution in [2.24, 2.45) is 0 Å². The van der Waals surface area contributed by atoms with Gasteiger partial charge in [0.2, 0.25) is 11.8 Å². The van der Waals surface area contributed by atoms with E-state index in [9.17, 15) is 57.9 Å². The van der Waals surface area contributed by atoms with Crippen LogP contribution in [0.2, 0.25) is 0 Å². The summed E-state index contributed by atoms with van der Waals surface area (Å²) in [6.07, 6.45) is -1.40. The zero-order chi connectivity index (χ0) is 38.5. The van der Waals surface area contributed by atoms with Gasteiger partial charge >= 0.3 is 16.2 Å². The van der Waals surface area contributed by atoms with E-state index >= 15 is 0 Å². The van der Waals surface area contributed by atoms with Crippen LogP contribution in [-0.2, 0) is 32.6 Å². The number of rotatable bonds is 12. The molecule has 3 N–H and O–H groups in total. The first kappa shape index (κ1) is 45.3. The molecular weight excluding hydrogens is 795 g/mol. The van der Waals surface area contributed by atoms with Crippen LogP contribution < -0.4 is 24.6 Å². The fourth-order valence-electron chi connectivity index (χ4n) is 4.94. The van der Waals surface area contributed by atoms with Gasteiger partial charge in [-0.05, 0) is 66.1 Å². The van der Waals surface area contributed by atoms with Gasteiger partial charge in [-0.25, -0.2) is 44.6 Å². The molecule has 4 aromatic rings. The molecule has 4 rings (SSSR count). The van der Waals surface area contributed by atoms with E-state index in [2.05, 4.69) is 0 Å². The molecule has 4 aromatic carbocycles. The Labute approximate surface area is 317 Å². The van der Waals surface area contributed by atoms with Crippen molar-refractivity contribution in [1.82, 2.24) is 14.8 Å². The van der Waals surface area contributed by atoms with E-state index in [1.54, 1.807) is 0 Å².